The third-order valence-electron chi connectivity index (χ3n) is 2.05. The van der Waals surface area contributed by atoms with E-state index in [1.165, 1.54) is 0 Å². The van der Waals surface area contributed by atoms with E-state index in [0.29, 0.717) is 10.6 Å². The molecule has 0 aliphatic heterocycles. The van der Waals surface area contributed by atoms with E-state index in [9.17, 15) is 14.9 Å². The second kappa shape index (κ2) is 6.85. The van der Waals surface area contributed by atoms with Crippen molar-refractivity contribution in [2.24, 2.45) is 0 Å². The molecule has 7 heteroatoms. The Morgan fingerprint density at radius 2 is 2.22 bits per heavy atom. The van der Waals surface area contributed by atoms with Gasteiger partial charge in [0, 0.05) is 15.5 Å². The Morgan fingerprint density at radius 1 is 1.56 bits per heavy atom. The standard InChI is InChI=1S/C11H14N2O4S/c1-2-17-11(14)10(7-13(15)16)18-9-6-4-3-5-8(9)12/h3-6,10H,2,7,12H2,1H3. The second-order valence-electron chi connectivity index (χ2n) is 3.41. The summed E-state index contributed by atoms with van der Waals surface area (Å²) >= 11 is 1.05. The molecule has 0 saturated carbocycles. The zero-order chi connectivity index (χ0) is 13.5. The zero-order valence-corrected chi connectivity index (χ0v) is 10.7. The molecule has 0 radical (unpaired) electrons. The number of esters is 1. The molecule has 1 aromatic rings. The molecular formula is C11H14N2O4S. The maximum absolute atomic E-state index is 11.6. The van der Waals surface area contributed by atoms with E-state index >= 15 is 0 Å². The maximum Gasteiger partial charge on any atom is 0.326 e. The Morgan fingerprint density at radius 3 is 2.78 bits per heavy atom. The zero-order valence-electron chi connectivity index (χ0n) is 9.87. The lowest BCUT2D eigenvalue weighted by molar-refractivity contribution is -0.477. The summed E-state index contributed by atoms with van der Waals surface area (Å²) in [4.78, 5) is 22.3. The molecule has 18 heavy (non-hydrogen) atoms. The number of carbonyl (C=O) groups excluding carboxylic acids is 1. The van der Waals surface area contributed by atoms with Crippen molar-refractivity contribution in [3.63, 3.8) is 0 Å². The summed E-state index contributed by atoms with van der Waals surface area (Å²) in [6.45, 7) is 1.36. The van der Waals surface area contributed by atoms with Gasteiger partial charge in [0.15, 0.2) is 5.25 Å². The number of carbonyl (C=O) groups is 1. The van der Waals surface area contributed by atoms with Crippen LogP contribution in [0.4, 0.5) is 5.69 Å². The highest BCUT2D eigenvalue weighted by molar-refractivity contribution is 8.00. The van der Waals surface area contributed by atoms with Crippen molar-refractivity contribution in [1.82, 2.24) is 0 Å². The summed E-state index contributed by atoms with van der Waals surface area (Å²) in [6.07, 6.45) is 0. The molecule has 0 fully saturated rings. The van der Waals surface area contributed by atoms with Gasteiger partial charge in [0.05, 0.1) is 6.61 Å². The molecule has 0 aromatic heterocycles. The largest absolute Gasteiger partial charge is 0.465 e. The molecule has 0 aliphatic rings. The molecule has 6 nitrogen and oxygen atoms in total. The van der Waals surface area contributed by atoms with E-state index in [1.807, 2.05) is 0 Å². The summed E-state index contributed by atoms with van der Waals surface area (Å²) in [5.74, 6) is -0.595. The summed E-state index contributed by atoms with van der Waals surface area (Å²) < 4.78 is 4.81. The number of nitrogens with two attached hydrogens (primary N) is 1. The molecule has 0 bridgehead atoms. The topological polar surface area (TPSA) is 95.5 Å². The van der Waals surface area contributed by atoms with Gasteiger partial charge < -0.3 is 10.5 Å². The van der Waals surface area contributed by atoms with Crippen molar-refractivity contribution in [3.8, 4) is 0 Å². The minimum Gasteiger partial charge on any atom is -0.465 e. The van der Waals surface area contributed by atoms with Gasteiger partial charge in [0.1, 0.15) is 0 Å². The Balaban J connectivity index is 2.81. The van der Waals surface area contributed by atoms with Crippen LogP contribution in [0, 0.1) is 10.1 Å². The lowest BCUT2D eigenvalue weighted by Gasteiger charge is -2.12. The van der Waals surface area contributed by atoms with E-state index in [2.05, 4.69) is 0 Å². The van der Waals surface area contributed by atoms with Crippen LogP contribution in [-0.2, 0) is 9.53 Å². The number of para-hydroxylation sites is 1. The molecule has 0 amide bonds. The van der Waals surface area contributed by atoms with Gasteiger partial charge in [-0.2, -0.15) is 0 Å². The van der Waals surface area contributed by atoms with Gasteiger partial charge in [-0.15, -0.1) is 11.8 Å². The summed E-state index contributed by atoms with van der Waals surface area (Å²) in [6, 6.07) is 6.90. The van der Waals surface area contributed by atoms with Crippen LogP contribution in [0.1, 0.15) is 6.92 Å². The van der Waals surface area contributed by atoms with Gasteiger partial charge >= 0.3 is 5.97 Å². The van der Waals surface area contributed by atoms with Gasteiger partial charge in [-0.25, -0.2) is 0 Å². The highest BCUT2D eigenvalue weighted by Gasteiger charge is 2.27. The molecule has 1 atom stereocenters. The number of hydrogen-bond donors (Lipinski definition) is 1. The predicted octanol–water partition coefficient (Wildman–Crippen LogP) is 1.57. The molecule has 0 aliphatic carbocycles. The fourth-order valence-electron chi connectivity index (χ4n) is 1.27. The van der Waals surface area contributed by atoms with E-state index in [0.717, 1.165) is 11.8 Å². The average Bonchev–Trinajstić information content (AvgIpc) is 2.31. The predicted molar refractivity (Wildman–Crippen MR) is 69.0 cm³/mol. The monoisotopic (exact) mass is 270 g/mol. The molecule has 2 N–H and O–H groups in total. The molecule has 1 rings (SSSR count). The lowest BCUT2D eigenvalue weighted by Crippen LogP contribution is -2.28. The number of nitro groups is 1. The highest BCUT2D eigenvalue weighted by atomic mass is 32.2. The first-order valence-electron chi connectivity index (χ1n) is 5.34. The van der Waals surface area contributed by atoms with Crippen molar-refractivity contribution in [2.75, 3.05) is 18.9 Å². The van der Waals surface area contributed by atoms with Gasteiger partial charge in [-0.3, -0.25) is 14.9 Å². The average molecular weight is 270 g/mol. The number of rotatable bonds is 6. The summed E-state index contributed by atoms with van der Waals surface area (Å²) in [5.41, 5.74) is 6.22. The minimum absolute atomic E-state index is 0.192. The molecule has 1 unspecified atom stereocenters. The van der Waals surface area contributed by atoms with E-state index in [4.69, 9.17) is 10.5 Å². The molecular weight excluding hydrogens is 256 g/mol. The van der Waals surface area contributed by atoms with Crippen LogP contribution < -0.4 is 5.73 Å². The van der Waals surface area contributed by atoms with Crippen molar-refractivity contribution in [3.05, 3.63) is 34.4 Å². The van der Waals surface area contributed by atoms with Crippen molar-refractivity contribution in [2.45, 2.75) is 17.1 Å². The first-order chi connectivity index (χ1) is 8.54. The van der Waals surface area contributed by atoms with E-state index in [1.54, 1.807) is 31.2 Å². The highest BCUT2D eigenvalue weighted by Crippen LogP contribution is 2.29. The lowest BCUT2D eigenvalue weighted by atomic mass is 10.3. The minimum atomic E-state index is -0.885. The number of benzene rings is 1. The van der Waals surface area contributed by atoms with Crippen molar-refractivity contribution in [1.29, 1.82) is 0 Å². The normalized spacial score (nSPS) is 11.8. The van der Waals surface area contributed by atoms with Crippen LogP contribution in [0.15, 0.2) is 29.2 Å². The molecule has 1 aromatic carbocycles. The van der Waals surface area contributed by atoms with Gasteiger partial charge in [-0.05, 0) is 19.1 Å². The number of thioether (sulfide) groups is 1. The van der Waals surface area contributed by atoms with Crippen molar-refractivity contribution < 1.29 is 14.5 Å². The Hall–Kier alpha value is -1.76. The van der Waals surface area contributed by atoms with Gasteiger partial charge in [0.2, 0.25) is 6.54 Å². The van der Waals surface area contributed by atoms with Crippen LogP contribution in [0.3, 0.4) is 0 Å². The van der Waals surface area contributed by atoms with Gasteiger partial charge in [0.25, 0.3) is 0 Å². The number of hydrogen-bond acceptors (Lipinski definition) is 6. The fourth-order valence-corrected chi connectivity index (χ4v) is 2.30. The Labute approximate surface area is 109 Å². The fraction of sp³-hybridized carbons (Fsp3) is 0.364. The van der Waals surface area contributed by atoms with Gasteiger partial charge in [-0.1, -0.05) is 12.1 Å². The Kier molecular flexibility index (Phi) is 5.44. The van der Waals surface area contributed by atoms with Crippen LogP contribution in [-0.4, -0.2) is 29.3 Å². The third kappa shape index (κ3) is 4.25. The van der Waals surface area contributed by atoms with Crippen LogP contribution in [0.2, 0.25) is 0 Å². The number of anilines is 1. The smallest absolute Gasteiger partial charge is 0.326 e. The molecule has 0 spiro atoms. The quantitative estimate of drug-likeness (QED) is 0.277. The number of nitrogens with zero attached hydrogens (tertiary/aromatic N) is 1. The first-order valence-corrected chi connectivity index (χ1v) is 6.22. The first kappa shape index (κ1) is 14.3. The molecule has 0 saturated heterocycles. The molecule has 0 heterocycles. The number of nitrogen functional groups attached to an aromatic ring is 1. The SMILES string of the molecule is CCOC(=O)C(C[N+](=O)[O-])Sc1ccccc1N. The maximum atomic E-state index is 11.6. The van der Waals surface area contributed by atoms with Crippen molar-refractivity contribution >= 4 is 23.4 Å². The van der Waals surface area contributed by atoms with E-state index < -0.39 is 22.7 Å². The van der Waals surface area contributed by atoms with Crippen LogP contribution in [0.5, 0.6) is 0 Å². The number of ether oxygens (including phenoxy) is 1. The van der Waals surface area contributed by atoms with Crippen LogP contribution in [0.25, 0.3) is 0 Å². The summed E-state index contributed by atoms with van der Waals surface area (Å²) in [7, 11) is 0. The molecule has 98 valence electrons. The van der Waals surface area contributed by atoms with E-state index in [-0.39, 0.29) is 6.61 Å². The van der Waals surface area contributed by atoms with Crippen LogP contribution >= 0.6 is 11.8 Å². The third-order valence-corrected chi connectivity index (χ3v) is 3.30. The Bertz CT molecular complexity index is 439. The second-order valence-corrected chi connectivity index (χ2v) is 4.66. The summed E-state index contributed by atoms with van der Waals surface area (Å²) in [5, 5.41) is 9.66.